The van der Waals surface area contributed by atoms with Crippen molar-refractivity contribution >= 4 is 5.91 Å². The lowest BCUT2D eigenvalue weighted by Crippen LogP contribution is -2.40. The minimum absolute atomic E-state index is 0.234. The summed E-state index contributed by atoms with van der Waals surface area (Å²) in [5, 5.41) is 0. The Morgan fingerprint density at radius 3 is 2.47 bits per heavy atom. The van der Waals surface area contributed by atoms with E-state index in [4.69, 9.17) is 16.2 Å². The highest BCUT2D eigenvalue weighted by Gasteiger charge is 2.11. The zero-order valence-electron chi connectivity index (χ0n) is 9.87. The molecule has 4 heteroatoms. The lowest BCUT2D eigenvalue weighted by atomic mass is 10.0. The minimum atomic E-state index is -0.673. The summed E-state index contributed by atoms with van der Waals surface area (Å²) in [6.45, 7) is 5.24. The number of ether oxygens (including phenoxy) is 1. The number of rotatable bonds is 9. The predicted octanol–water partition coefficient (Wildman–Crippen LogP) is 1.03. The molecule has 0 aliphatic heterocycles. The van der Waals surface area contributed by atoms with Crippen molar-refractivity contribution in [3.05, 3.63) is 0 Å². The molecule has 0 bridgehead atoms. The van der Waals surface area contributed by atoms with Gasteiger partial charge < -0.3 is 16.2 Å². The first kappa shape index (κ1) is 14.4. The molecule has 0 fully saturated rings. The van der Waals surface area contributed by atoms with Crippen LogP contribution in [0.2, 0.25) is 0 Å². The molecule has 0 saturated heterocycles. The van der Waals surface area contributed by atoms with Crippen molar-refractivity contribution in [2.45, 2.75) is 45.6 Å². The Balaban J connectivity index is 3.57. The summed E-state index contributed by atoms with van der Waals surface area (Å²) in [7, 11) is 0. The van der Waals surface area contributed by atoms with Gasteiger partial charge in [0.2, 0.25) is 5.91 Å². The van der Waals surface area contributed by atoms with Crippen LogP contribution >= 0.6 is 0 Å². The number of hydrogen-bond acceptors (Lipinski definition) is 3. The van der Waals surface area contributed by atoms with Crippen LogP contribution in [-0.2, 0) is 9.53 Å². The molecular formula is C11H24N2O2. The van der Waals surface area contributed by atoms with Gasteiger partial charge in [-0.15, -0.1) is 0 Å². The fraction of sp³-hybridized carbons (Fsp3) is 0.909. The van der Waals surface area contributed by atoms with Crippen LogP contribution < -0.4 is 11.5 Å². The molecule has 2 unspecified atom stereocenters. The maximum atomic E-state index is 10.6. The van der Waals surface area contributed by atoms with E-state index in [1.165, 1.54) is 19.3 Å². The molecule has 0 aromatic rings. The van der Waals surface area contributed by atoms with Gasteiger partial charge in [0, 0.05) is 6.61 Å². The Hall–Kier alpha value is -0.610. The standard InChI is InChI=1S/C11H24N2O2/c1-3-5-6-9(4-2)7-15-8-10(12)11(13)14/h9-10H,3-8,12H2,1-2H3,(H2,13,14). The van der Waals surface area contributed by atoms with Crippen LogP contribution in [0.15, 0.2) is 0 Å². The molecule has 15 heavy (non-hydrogen) atoms. The Morgan fingerprint density at radius 1 is 1.33 bits per heavy atom. The predicted molar refractivity (Wildman–Crippen MR) is 61.3 cm³/mol. The maximum absolute atomic E-state index is 10.6. The van der Waals surface area contributed by atoms with Gasteiger partial charge >= 0.3 is 0 Å². The molecule has 0 radical (unpaired) electrons. The van der Waals surface area contributed by atoms with Gasteiger partial charge in [-0.05, 0) is 12.3 Å². The molecule has 90 valence electrons. The van der Waals surface area contributed by atoms with E-state index >= 15 is 0 Å². The molecule has 0 aromatic carbocycles. The molecular weight excluding hydrogens is 192 g/mol. The molecule has 0 spiro atoms. The molecule has 0 aliphatic rings. The van der Waals surface area contributed by atoms with Gasteiger partial charge in [0.05, 0.1) is 6.61 Å². The average molecular weight is 216 g/mol. The summed E-state index contributed by atoms with van der Waals surface area (Å²) in [5.41, 5.74) is 10.5. The van der Waals surface area contributed by atoms with Crippen molar-refractivity contribution in [2.75, 3.05) is 13.2 Å². The van der Waals surface area contributed by atoms with Gasteiger partial charge in [-0.3, -0.25) is 4.79 Å². The van der Waals surface area contributed by atoms with Gasteiger partial charge in [-0.25, -0.2) is 0 Å². The molecule has 0 heterocycles. The molecule has 1 amide bonds. The number of primary amides is 1. The first-order valence-electron chi connectivity index (χ1n) is 5.74. The van der Waals surface area contributed by atoms with Gasteiger partial charge in [0.1, 0.15) is 6.04 Å². The fourth-order valence-corrected chi connectivity index (χ4v) is 1.34. The Kier molecular flexibility index (Phi) is 8.33. The van der Waals surface area contributed by atoms with E-state index in [2.05, 4.69) is 13.8 Å². The smallest absolute Gasteiger partial charge is 0.236 e. The van der Waals surface area contributed by atoms with Crippen LogP contribution in [0.4, 0.5) is 0 Å². The molecule has 2 atom stereocenters. The second-order valence-electron chi connectivity index (χ2n) is 3.96. The topological polar surface area (TPSA) is 78.3 Å². The van der Waals surface area contributed by atoms with Crippen molar-refractivity contribution in [3.8, 4) is 0 Å². The molecule has 0 saturated carbocycles. The van der Waals surface area contributed by atoms with Crippen molar-refractivity contribution in [2.24, 2.45) is 17.4 Å². The van der Waals surface area contributed by atoms with Crippen LogP contribution in [0.25, 0.3) is 0 Å². The molecule has 4 nitrogen and oxygen atoms in total. The summed E-state index contributed by atoms with van der Waals surface area (Å²) in [4.78, 5) is 10.6. The van der Waals surface area contributed by atoms with E-state index in [9.17, 15) is 4.79 Å². The Bertz CT molecular complexity index is 174. The monoisotopic (exact) mass is 216 g/mol. The summed E-state index contributed by atoms with van der Waals surface area (Å²) >= 11 is 0. The highest BCUT2D eigenvalue weighted by molar-refractivity contribution is 5.79. The number of unbranched alkanes of at least 4 members (excludes halogenated alkanes) is 1. The first-order valence-corrected chi connectivity index (χ1v) is 5.74. The van der Waals surface area contributed by atoms with Gasteiger partial charge in [0.25, 0.3) is 0 Å². The maximum Gasteiger partial charge on any atom is 0.236 e. The van der Waals surface area contributed by atoms with E-state index in [-0.39, 0.29) is 6.61 Å². The number of amides is 1. The number of hydrogen-bond donors (Lipinski definition) is 2. The highest BCUT2D eigenvalue weighted by Crippen LogP contribution is 2.12. The minimum Gasteiger partial charge on any atom is -0.379 e. The Labute approximate surface area is 92.3 Å². The van der Waals surface area contributed by atoms with Crippen LogP contribution in [-0.4, -0.2) is 25.2 Å². The number of carbonyl (C=O) groups is 1. The largest absolute Gasteiger partial charge is 0.379 e. The van der Waals surface area contributed by atoms with E-state index in [1.807, 2.05) is 0 Å². The number of carbonyl (C=O) groups excluding carboxylic acids is 1. The van der Waals surface area contributed by atoms with Crippen molar-refractivity contribution in [1.82, 2.24) is 0 Å². The average Bonchev–Trinajstić information content (AvgIpc) is 2.22. The van der Waals surface area contributed by atoms with Crippen LogP contribution in [0, 0.1) is 5.92 Å². The van der Waals surface area contributed by atoms with E-state index in [0.29, 0.717) is 12.5 Å². The van der Waals surface area contributed by atoms with E-state index in [0.717, 1.165) is 6.42 Å². The highest BCUT2D eigenvalue weighted by atomic mass is 16.5. The van der Waals surface area contributed by atoms with Crippen LogP contribution in [0.3, 0.4) is 0 Å². The third-order valence-electron chi connectivity index (χ3n) is 2.56. The molecule has 4 N–H and O–H groups in total. The van der Waals surface area contributed by atoms with Crippen molar-refractivity contribution in [3.63, 3.8) is 0 Å². The quantitative estimate of drug-likeness (QED) is 0.604. The van der Waals surface area contributed by atoms with Gasteiger partial charge in [-0.1, -0.05) is 33.1 Å². The molecule has 0 aliphatic carbocycles. The molecule has 0 rings (SSSR count). The zero-order chi connectivity index (χ0) is 11.7. The second kappa shape index (κ2) is 8.68. The second-order valence-corrected chi connectivity index (χ2v) is 3.96. The molecule has 0 aromatic heterocycles. The summed E-state index contributed by atoms with van der Waals surface area (Å²) in [6.07, 6.45) is 4.71. The van der Waals surface area contributed by atoms with Crippen molar-refractivity contribution in [1.29, 1.82) is 0 Å². The van der Waals surface area contributed by atoms with Gasteiger partial charge in [-0.2, -0.15) is 0 Å². The third-order valence-corrected chi connectivity index (χ3v) is 2.56. The van der Waals surface area contributed by atoms with Crippen LogP contribution in [0.5, 0.6) is 0 Å². The lowest BCUT2D eigenvalue weighted by molar-refractivity contribution is -0.120. The SMILES string of the molecule is CCCCC(CC)COCC(N)C(N)=O. The van der Waals surface area contributed by atoms with Crippen LogP contribution in [0.1, 0.15) is 39.5 Å². The van der Waals surface area contributed by atoms with E-state index < -0.39 is 11.9 Å². The number of nitrogens with two attached hydrogens (primary N) is 2. The Morgan fingerprint density at radius 2 is 2.00 bits per heavy atom. The normalized spacial score (nSPS) is 14.9. The fourth-order valence-electron chi connectivity index (χ4n) is 1.34. The summed E-state index contributed by atoms with van der Waals surface area (Å²) < 4.78 is 5.38. The van der Waals surface area contributed by atoms with E-state index in [1.54, 1.807) is 0 Å². The lowest BCUT2D eigenvalue weighted by Gasteiger charge is -2.15. The third kappa shape index (κ3) is 7.33. The van der Waals surface area contributed by atoms with Gasteiger partial charge in [0.15, 0.2) is 0 Å². The first-order chi connectivity index (χ1) is 7.11. The van der Waals surface area contributed by atoms with Crippen molar-refractivity contribution < 1.29 is 9.53 Å². The zero-order valence-corrected chi connectivity index (χ0v) is 9.87. The summed E-state index contributed by atoms with van der Waals surface area (Å²) in [5.74, 6) is 0.0710. The summed E-state index contributed by atoms with van der Waals surface area (Å²) in [6, 6.07) is -0.673.